The monoisotopic (exact) mass is 431 g/mol. The minimum atomic E-state index is -3.27. The van der Waals surface area contributed by atoms with Crippen LogP contribution in [0.15, 0.2) is 40.6 Å². The minimum absolute atomic E-state index is 0.0101. The van der Waals surface area contributed by atoms with Gasteiger partial charge in [-0.25, -0.2) is 0 Å². The molecule has 26 heavy (non-hydrogen) atoms. The number of rotatable bonds is 5. The Kier molecular flexibility index (Phi) is 5.99. The van der Waals surface area contributed by atoms with E-state index in [-0.39, 0.29) is 5.04 Å². The van der Waals surface area contributed by atoms with E-state index in [1.807, 2.05) is 30.3 Å². The molecule has 0 saturated carbocycles. The molecule has 0 fully saturated rings. The van der Waals surface area contributed by atoms with Crippen molar-refractivity contribution in [2.24, 2.45) is 0 Å². The number of thiophene rings is 1. The largest absolute Gasteiger partial charge is 0.386 e. The van der Waals surface area contributed by atoms with E-state index in [2.05, 4.69) is 38.3 Å². The zero-order valence-corrected chi connectivity index (χ0v) is 20.0. The van der Waals surface area contributed by atoms with Gasteiger partial charge in [-0.2, -0.15) is 0 Å². The first-order chi connectivity index (χ1) is 11.7. The molecule has 0 spiro atoms. The van der Waals surface area contributed by atoms with Gasteiger partial charge in [0.1, 0.15) is 8.24 Å². The molecule has 2 aromatic rings. The Labute approximate surface area is 168 Å². The van der Waals surface area contributed by atoms with Crippen molar-refractivity contribution >= 4 is 39.6 Å². The normalized spacial score (nSPS) is 14.5. The maximum atomic E-state index is 13.4. The molecule has 0 amide bonds. The standard InChI is InChI=1S/C19H30ClNO2S2Si/c1-18(2,3)26(6,7)21-25(20,23)16-13-15(19(4,5)22)17(24-16)14-11-9-8-10-12-14/h8-13,22,25H,1-7H3,(H,21,23). The smallest absolute Gasteiger partial charge is 0.138 e. The molecule has 0 atom stereocenters. The molecule has 1 aromatic heterocycles. The molecule has 0 aliphatic carbocycles. The van der Waals surface area contributed by atoms with Crippen molar-refractivity contribution in [3.63, 3.8) is 0 Å². The number of benzene rings is 1. The summed E-state index contributed by atoms with van der Waals surface area (Å²) in [6.07, 6.45) is 0. The first-order valence-electron chi connectivity index (χ1n) is 8.67. The van der Waals surface area contributed by atoms with E-state index < -0.39 is 23.2 Å². The predicted octanol–water partition coefficient (Wildman–Crippen LogP) is 5.68. The molecular weight excluding hydrogens is 402 g/mol. The molecular formula is C19H30ClNO2S2Si. The van der Waals surface area contributed by atoms with Gasteiger partial charge in [0.05, 0.1) is 9.81 Å². The molecule has 7 heteroatoms. The summed E-state index contributed by atoms with van der Waals surface area (Å²) in [6.45, 7) is 14.2. The average molecular weight is 432 g/mol. The summed E-state index contributed by atoms with van der Waals surface area (Å²) in [5.74, 6) is 0. The predicted molar refractivity (Wildman–Crippen MR) is 119 cm³/mol. The van der Waals surface area contributed by atoms with Gasteiger partial charge in [0.15, 0.2) is 0 Å². The Balaban J connectivity index is 2.54. The summed E-state index contributed by atoms with van der Waals surface area (Å²) in [7, 11) is 1.26. The van der Waals surface area contributed by atoms with Crippen molar-refractivity contribution in [3.05, 3.63) is 42.0 Å². The maximum absolute atomic E-state index is 13.4. The number of aliphatic hydroxyl groups is 1. The summed E-state index contributed by atoms with van der Waals surface area (Å²) >= 11 is 1.40. The Bertz CT molecular complexity index is 820. The number of hydrogen-bond acceptors (Lipinski definition) is 3. The molecule has 0 aliphatic rings. The molecule has 0 bridgehead atoms. The summed E-state index contributed by atoms with van der Waals surface area (Å²) in [5.41, 5.74) is 0.694. The Hall–Kier alpha value is -0.503. The second-order valence-electron chi connectivity index (χ2n) is 8.77. The lowest BCUT2D eigenvalue weighted by molar-refractivity contribution is 0.0795. The van der Waals surface area contributed by atoms with Crippen LogP contribution in [0.1, 0.15) is 40.2 Å². The van der Waals surface area contributed by atoms with Gasteiger partial charge in [0.25, 0.3) is 0 Å². The van der Waals surface area contributed by atoms with Crippen LogP contribution in [-0.4, -0.2) is 17.6 Å². The molecule has 0 aliphatic heterocycles. The highest BCUT2D eigenvalue weighted by atomic mass is 35.7. The highest BCUT2D eigenvalue weighted by molar-refractivity contribution is 8.24. The third kappa shape index (κ3) is 4.66. The fourth-order valence-electron chi connectivity index (χ4n) is 2.36. The SMILES string of the molecule is CC(C)(O)c1cc([SH](=O)(Cl)N[Si](C)(C)C(C)(C)C)sc1-c1ccccc1. The molecule has 0 saturated heterocycles. The molecule has 3 nitrogen and oxygen atoms in total. The minimum Gasteiger partial charge on any atom is -0.386 e. The van der Waals surface area contributed by atoms with Crippen molar-refractivity contribution in [2.75, 3.05) is 0 Å². The molecule has 146 valence electrons. The van der Waals surface area contributed by atoms with Crippen LogP contribution in [0, 0.1) is 0 Å². The molecule has 1 heterocycles. The number of thiol groups is 1. The van der Waals surface area contributed by atoms with Crippen LogP contribution in [0.3, 0.4) is 0 Å². The Morgan fingerprint density at radius 3 is 2.12 bits per heavy atom. The topological polar surface area (TPSA) is 49.3 Å². The summed E-state index contributed by atoms with van der Waals surface area (Å²) in [6, 6.07) is 11.7. The van der Waals surface area contributed by atoms with Gasteiger partial charge in [-0.05, 0) is 41.2 Å². The summed E-state index contributed by atoms with van der Waals surface area (Å²) in [5, 5.41) is 10.6. The van der Waals surface area contributed by atoms with Crippen molar-refractivity contribution in [1.29, 1.82) is 0 Å². The lowest BCUT2D eigenvalue weighted by Gasteiger charge is -2.39. The first kappa shape index (κ1) is 21.8. The van der Waals surface area contributed by atoms with Gasteiger partial charge in [0.2, 0.25) is 0 Å². The third-order valence-electron chi connectivity index (χ3n) is 5.00. The second-order valence-corrected chi connectivity index (χ2v) is 18.7. The highest BCUT2D eigenvalue weighted by Crippen LogP contribution is 2.44. The summed E-state index contributed by atoms with van der Waals surface area (Å²) < 4.78 is 17.3. The molecule has 1 aromatic carbocycles. The van der Waals surface area contributed by atoms with Gasteiger partial charge >= 0.3 is 0 Å². The lowest BCUT2D eigenvalue weighted by atomic mass is 9.96. The van der Waals surface area contributed by atoms with Gasteiger partial charge < -0.3 is 5.11 Å². The van der Waals surface area contributed by atoms with Crippen LogP contribution in [0.25, 0.3) is 10.4 Å². The van der Waals surface area contributed by atoms with Gasteiger partial charge in [-0.1, -0.05) is 64.2 Å². The fourth-order valence-corrected chi connectivity index (χ4v) is 11.9. The first-order valence-corrected chi connectivity index (χ1v) is 15.1. The van der Waals surface area contributed by atoms with Crippen LogP contribution < -0.4 is 4.39 Å². The van der Waals surface area contributed by atoms with E-state index >= 15 is 0 Å². The van der Waals surface area contributed by atoms with E-state index in [0.717, 1.165) is 16.0 Å². The molecule has 2 rings (SSSR count). The number of hydrogen-bond donors (Lipinski definition) is 3. The zero-order chi connectivity index (χ0) is 20.0. The van der Waals surface area contributed by atoms with E-state index in [4.69, 9.17) is 10.7 Å². The Morgan fingerprint density at radius 1 is 1.12 bits per heavy atom. The van der Waals surface area contributed by atoms with E-state index in [1.165, 1.54) is 11.3 Å². The average Bonchev–Trinajstić information content (AvgIpc) is 2.92. The second kappa shape index (κ2) is 7.15. The van der Waals surface area contributed by atoms with Crippen LogP contribution in [0.4, 0.5) is 0 Å². The maximum Gasteiger partial charge on any atom is 0.138 e. The quantitative estimate of drug-likeness (QED) is 0.324. The van der Waals surface area contributed by atoms with E-state index in [9.17, 15) is 9.32 Å². The Morgan fingerprint density at radius 2 is 1.65 bits per heavy atom. The van der Waals surface area contributed by atoms with E-state index in [0.29, 0.717) is 4.21 Å². The van der Waals surface area contributed by atoms with Crippen molar-refractivity contribution < 1.29 is 9.32 Å². The highest BCUT2D eigenvalue weighted by Gasteiger charge is 2.40. The third-order valence-corrected chi connectivity index (χ3v) is 16.5. The fraction of sp³-hybridized carbons (Fsp3) is 0.474. The molecule has 0 radical (unpaired) electrons. The van der Waals surface area contributed by atoms with E-state index in [1.54, 1.807) is 19.9 Å². The van der Waals surface area contributed by atoms with Crippen molar-refractivity contribution in [3.8, 4) is 10.4 Å². The van der Waals surface area contributed by atoms with Crippen molar-refractivity contribution in [1.82, 2.24) is 4.39 Å². The van der Waals surface area contributed by atoms with Crippen LogP contribution in [0.5, 0.6) is 0 Å². The lowest BCUT2D eigenvalue weighted by Crippen LogP contribution is -2.55. The van der Waals surface area contributed by atoms with Gasteiger partial charge in [-0.3, -0.25) is 8.60 Å². The molecule has 0 unspecified atom stereocenters. The zero-order valence-electron chi connectivity index (χ0n) is 16.6. The van der Waals surface area contributed by atoms with Crippen LogP contribution >= 0.6 is 22.0 Å². The van der Waals surface area contributed by atoms with Gasteiger partial charge in [-0.15, -0.1) is 11.3 Å². The van der Waals surface area contributed by atoms with Crippen LogP contribution in [-0.2, 0) is 14.9 Å². The number of halogens is 1. The number of nitrogens with one attached hydrogen (secondary N) is 1. The van der Waals surface area contributed by atoms with Crippen LogP contribution in [0.2, 0.25) is 18.1 Å². The van der Waals surface area contributed by atoms with Crippen molar-refractivity contribution in [2.45, 2.75) is 62.6 Å². The molecule has 2 N–H and O–H groups in total. The summed E-state index contributed by atoms with van der Waals surface area (Å²) in [4.78, 5) is 0.908. The van der Waals surface area contributed by atoms with Gasteiger partial charge in [0, 0.05) is 19.8 Å².